The third kappa shape index (κ3) is 4.26. The van der Waals surface area contributed by atoms with E-state index in [0.717, 1.165) is 11.8 Å². The summed E-state index contributed by atoms with van der Waals surface area (Å²) in [6.45, 7) is 9.39. The molecule has 4 heterocycles. The fraction of sp³-hybridized carbons (Fsp3) is 0.250. The second-order valence-electron chi connectivity index (χ2n) is 7.46. The minimum absolute atomic E-state index is 0.00392. The van der Waals surface area contributed by atoms with Crippen LogP contribution in [0.3, 0.4) is 0 Å². The number of allylic oxidation sites excluding steroid dienone is 1. The highest BCUT2D eigenvalue weighted by molar-refractivity contribution is 7.99. The van der Waals surface area contributed by atoms with Crippen LogP contribution in [0.25, 0.3) is 21.5 Å². The molecule has 0 aromatic carbocycles. The van der Waals surface area contributed by atoms with E-state index in [4.69, 9.17) is 9.15 Å². The van der Waals surface area contributed by atoms with Gasteiger partial charge in [0.15, 0.2) is 10.9 Å². The van der Waals surface area contributed by atoms with Crippen molar-refractivity contribution in [1.82, 2.24) is 14.5 Å². The third-order valence-corrected chi connectivity index (χ3v) is 7.07. The standard InChI is InChI=1S/C24H23N3O5S2/c1-5-9-27-22(29)20-15(17-8-7-10-32-17)11-33-21(20)26-24(27)34-12-16(28)18-13(3)25-14(4)19(18)23(30)31-6-2/h5,7-8,10-11,25H,1,6,9,12H2,2-4H3. The Labute approximate surface area is 203 Å². The molecular formula is C24H23N3O5S2. The van der Waals surface area contributed by atoms with Crippen molar-refractivity contribution in [2.75, 3.05) is 12.4 Å². The minimum atomic E-state index is -0.537. The number of carbonyl (C=O) groups is 2. The van der Waals surface area contributed by atoms with Gasteiger partial charge in [-0.1, -0.05) is 17.8 Å². The molecule has 0 fully saturated rings. The van der Waals surface area contributed by atoms with E-state index in [-0.39, 0.29) is 35.8 Å². The van der Waals surface area contributed by atoms with Crippen LogP contribution < -0.4 is 5.56 Å². The molecule has 1 N–H and O–H groups in total. The fourth-order valence-electron chi connectivity index (χ4n) is 3.81. The highest BCUT2D eigenvalue weighted by atomic mass is 32.2. The normalized spacial score (nSPS) is 11.1. The van der Waals surface area contributed by atoms with Gasteiger partial charge in [0.25, 0.3) is 5.56 Å². The predicted octanol–water partition coefficient (Wildman–Crippen LogP) is 5.00. The first-order chi connectivity index (χ1) is 16.4. The van der Waals surface area contributed by atoms with Crippen molar-refractivity contribution in [3.63, 3.8) is 0 Å². The molecule has 4 aromatic rings. The number of thiophene rings is 1. The number of aromatic nitrogens is 3. The monoisotopic (exact) mass is 497 g/mol. The second-order valence-corrected chi connectivity index (χ2v) is 9.26. The van der Waals surface area contributed by atoms with Crippen molar-refractivity contribution in [2.24, 2.45) is 0 Å². The maximum atomic E-state index is 13.4. The van der Waals surface area contributed by atoms with Gasteiger partial charge in [0.2, 0.25) is 0 Å². The molecule has 4 aromatic heterocycles. The van der Waals surface area contributed by atoms with Crippen molar-refractivity contribution < 1.29 is 18.7 Å². The van der Waals surface area contributed by atoms with Crippen LogP contribution in [0, 0.1) is 13.8 Å². The van der Waals surface area contributed by atoms with Crippen LogP contribution in [0.15, 0.2) is 50.8 Å². The van der Waals surface area contributed by atoms with Gasteiger partial charge in [-0.25, -0.2) is 9.78 Å². The number of hydrogen-bond acceptors (Lipinski definition) is 8. The zero-order chi connectivity index (χ0) is 24.4. The molecule has 176 valence electrons. The molecule has 0 saturated heterocycles. The van der Waals surface area contributed by atoms with Gasteiger partial charge in [-0.05, 0) is 32.9 Å². The molecule has 10 heteroatoms. The zero-order valence-corrected chi connectivity index (χ0v) is 20.6. The van der Waals surface area contributed by atoms with Crippen molar-refractivity contribution in [3.8, 4) is 11.3 Å². The Kier molecular flexibility index (Phi) is 6.90. The molecule has 0 spiro atoms. The number of carbonyl (C=O) groups excluding carboxylic acids is 2. The summed E-state index contributed by atoms with van der Waals surface area (Å²) in [4.78, 5) is 47.3. The molecule has 0 aliphatic heterocycles. The van der Waals surface area contributed by atoms with Gasteiger partial charge in [0, 0.05) is 28.9 Å². The lowest BCUT2D eigenvalue weighted by atomic mass is 10.1. The maximum absolute atomic E-state index is 13.4. The summed E-state index contributed by atoms with van der Waals surface area (Å²) in [7, 11) is 0. The number of fused-ring (bicyclic) bond motifs is 1. The highest BCUT2D eigenvalue weighted by Crippen LogP contribution is 2.33. The number of aryl methyl sites for hydroxylation is 2. The van der Waals surface area contributed by atoms with Gasteiger partial charge in [-0.15, -0.1) is 17.9 Å². The number of rotatable bonds is 9. The molecule has 4 rings (SSSR count). The van der Waals surface area contributed by atoms with E-state index in [1.807, 2.05) is 5.38 Å². The highest BCUT2D eigenvalue weighted by Gasteiger charge is 2.26. The largest absolute Gasteiger partial charge is 0.464 e. The number of furan rings is 1. The summed E-state index contributed by atoms with van der Waals surface area (Å²) in [6.07, 6.45) is 3.16. The number of hydrogen-bond donors (Lipinski definition) is 1. The summed E-state index contributed by atoms with van der Waals surface area (Å²) in [5.41, 5.74) is 2.19. The lowest BCUT2D eigenvalue weighted by molar-refractivity contribution is 0.0522. The smallest absolute Gasteiger partial charge is 0.340 e. The van der Waals surface area contributed by atoms with Gasteiger partial charge in [-0.2, -0.15) is 0 Å². The summed E-state index contributed by atoms with van der Waals surface area (Å²) in [5.74, 6) is -0.201. The Bertz CT molecular complexity index is 1440. The van der Waals surface area contributed by atoms with Gasteiger partial charge < -0.3 is 14.1 Å². The first kappa shape index (κ1) is 23.8. The first-order valence-electron chi connectivity index (χ1n) is 10.6. The summed E-state index contributed by atoms with van der Waals surface area (Å²) >= 11 is 2.49. The van der Waals surface area contributed by atoms with Crippen LogP contribution in [0.2, 0.25) is 0 Å². The second kappa shape index (κ2) is 9.86. The van der Waals surface area contributed by atoms with E-state index in [1.54, 1.807) is 45.2 Å². The number of Topliss-reactive ketones (excluding diaryl/α,β-unsaturated/α-hetero) is 1. The zero-order valence-electron chi connectivity index (χ0n) is 19.0. The topological polar surface area (TPSA) is 107 Å². The maximum Gasteiger partial charge on any atom is 0.340 e. The third-order valence-electron chi connectivity index (χ3n) is 5.22. The van der Waals surface area contributed by atoms with E-state index in [2.05, 4.69) is 16.5 Å². The van der Waals surface area contributed by atoms with Crippen LogP contribution in [0.1, 0.15) is 39.0 Å². The van der Waals surface area contributed by atoms with Gasteiger partial charge in [0.1, 0.15) is 10.6 Å². The number of esters is 1. The predicted molar refractivity (Wildman–Crippen MR) is 133 cm³/mol. The average Bonchev–Trinajstić information content (AvgIpc) is 3.53. The number of aromatic amines is 1. The molecule has 0 radical (unpaired) electrons. The Morgan fingerprint density at radius 2 is 2.09 bits per heavy atom. The van der Waals surface area contributed by atoms with Crippen LogP contribution in [-0.2, 0) is 11.3 Å². The molecule has 0 aliphatic rings. The lowest BCUT2D eigenvalue weighted by Crippen LogP contribution is -2.23. The Morgan fingerprint density at radius 3 is 2.76 bits per heavy atom. The van der Waals surface area contributed by atoms with E-state index >= 15 is 0 Å². The number of thioether (sulfide) groups is 1. The quantitative estimate of drug-likeness (QED) is 0.114. The number of ether oxygens (including phenoxy) is 1. The molecule has 8 nitrogen and oxygen atoms in total. The Morgan fingerprint density at radius 1 is 1.32 bits per heavy atom. The molecule has 0 saturated carbocycles. The molecule has 0 amide bonds. The van der Waals surface area contributed by atoms with Crippen LogP contribution in [0.5, 0.6) is 0 Å². The number of H-pyrrole nitrogens is 1. The molecule has 0 aliphatic carbocycles. The summed E-state index contributed by atoms with van der Waals surface area (Å²) in [6, 6.07) is 3.56. The van der Waals surface area contributed by atoms with Crippen molar-refractivity contribution in [2.45, 2.75) is 32.5 Å². The summed E-state index contributed by atoms with van der Waals surface area (Å²) in [5, 5.41) is 2.72. The Balaban J connectivity index is 1.69. The SMILES string of the molecule is C=CCn1c(SCC(=O)c2c(C)[nH]c(C)c2C(=O)OCC)nc2scc(-c3ccco3)c2c1=O. The van der Waals surface area contributed by atoms with Crippen molar-refractivity contribution in [3.05, 3.63) is 69.3 Å². The molecular weight excluding hydrogens is 474 g/mol. The van der Waals surface area contributed by atoms with E-state index < -0.39 is 5.97 Å². The molecule has 0 bridgehead atoms. The fourth-order valence-corrected chi connectivity index (χ4v) is 5.66. The number of nitrogens with one attached hydrogen (secondary N) is 1. The van der Waals surface area contributed by atoms with E-state index in [0.29, 0.717) is 43.6 Å². The number of ketones is 1. The van der Waals surface area contributed by atoms with Gasteiger partial charge in [-0.3, -0.25) is 14.2 Å². The molecule has 0 unspecified atom stereocenters. The minimum Gasteiger partial charge on any atom is -0.464 e. The summed E-state index contributed by atoms with van der Waals surface area (Å²) < 4.78 is 12.1. The first-order valence-corrected chi connectivity index (χ1v) is 12.4. The van der Waals surface area contributed by atoms with E-state index in [9.17, 15) is 14.4 Å². The van der Waals surface area contributed by atoms with Crippen molar-refractivity contribution >= 4 is 45.1 Å². The van der Waals surface area contributed by atoms with Crippen LogP contribution in [0.4, 0.5) is 0 Å². The van der Waals surface area contributed by atoms with Crippen LogP contribution in [-0.4, -0.2) is 38.6 Å². The average molecular weight is 498 g/mol. The number of nitrogens with zero attached hydrogens (tertiary/aromatic N) is 2. The molecule has 0 atom stereocenters. The van der Waals surface area contributed by atoms with Gasteiger partial charge >= 0.3 is 5.97 Å². The van der Waals surface area contributed by atoms with Gasteiger partial charge in [0.05, 0.1) is 35.1 Å². The van der Waals surface area contributed by atoms with Crippen molar-refractivity contribution in [1.29, 1.82) is 0 Å². The van der Waals surface area contributed by atoms with Crippen LogP contribution >= 0.6 is 23.1 Å². The molecule has 34 heavy (non-hydrogen) atoms. The lowest BCUT2D eigenvalue weighted by Gasteiger charge is -2.11. The Hall–Kier alpha value is -3.37. The van der Waals surface area contributed by atoms with E-state index in [1.165, 1.54) is 15.9 Å².